The maximum absolute atomic E-state index is 13.7. The van der Waals surface area contributed by atoms with Gasteiger partial charge in [-0.15, -0.1) is 0 Å². The first kappa shape index (κ1) is 22.8. The van der Waals surface area contributed by atoms with Crippen molar-refractivity contribution in [2.45, 2.75) is 19.8 Å². The number of ether oxygens (including phenoxy) is 3. The second kappa shape index (κ2) is 8.35. The van der Waals surface area contributed by atoms with E-state index >= 15 is 0 Å². The van der Waals surface area contributed by atoms with Crippen LogP contribution in [-0.2, 0) is 0 Å². The monoisotopic (exact) mass is 477 g/mol. The number of amides is 1. The van der Waals surface area contributed by atoms with Crippen LogP contribution >= 0.6 is 0 Å². The average molecular weight is 478 g/mol. The lowest BCUT2D eigenvalue weighted by molar-refractivity contribution is 0.0980. The molecule has 4 aromatic rings. The van der Waals surface area contributed by atoms with Crippen LogP contribution in [0, 0.1) is 6.92 Å². The minimum Gasteiger partial charge on any atom is -0.493 e. The normalized spacial score (nSPS) is 15.0. The van der Waals surface area contributed by atoms with E-state index in [-0.39, 0.29) is 24.2 Å². The molecule has 2 aromatic heterocycles. The predicted octanol–water partition coefficient (Wildman–Crippen LogP) is 3.92. The van der Waals surface area contributed by atoms with Crippen molar-refractivity contribution in [3.05, 3.63) is 46.8 Å². The molecule has 1 amide bonds. The van der Waals surface area contributed by atoms with Gasteiger partial charge in [-0.25, -0.2) is 0 Å². The molecule has 0 bridgehead atoms. The van der Waals surface area contributed by atoms with E-state index in [4.69, 9.17) is 14.2 Å². The van der Waals surface area contributed by atoms with Crippen molar-refractivity contribution >= 4 is 39.2 Å². The zero-order chi connectivity index (χ0) is 25.0. The number of anilines is 1. The molecule has 0 spiro atoms. The second-order valence-corrected chi connectivity index (χ2v) is 8.69. The lowest BCUT2D eigenvalue weighted by Gasteiger charge is -2.17. The number of fused-ring (bicyclic) bond motifs is 4. The summed E-state index contributed by atoms with van der Waals surface area (Å²) in [6.07, 6.45) is 0. The molecule has 2 aromatic carbocycles. The third-order valence-electron chi connectivity index (χ3n) is 6.74. The van der Waals surface area contributed by atoms with E-state index in [9.17, 15) is 14.7 Å². The molecule has 9 nitrogen and oxygen atoms in total. The number of hydrogen-bond acceptors (Lipinski definition) is 6. The fourth-order valence-corrected chi connectivity index (χ4v) is 5.28. The average Bonchev–Trinajstić information content (AvgIpc) is 3.53. The summed E-state index contributed by atoms with van der Waals surface area (Å²) in [5.74, 6) is 0.723. The van der Waals surface area contributed by atoms with E-state index < -0.39 is 0 Å². The van der Waals surface area contributed by atoms with Gasteiger partial charge < -0.3 is 34.2 Å². The van der Waals surface area contributed by atoms with Crippen LogP contribution in [0.4, 0.5) is 5.69 Å². The number of carbonyl (C=O) groups excluding carboxylic acids is 2. The molecule has 3 N–H and O–H groups in total. The maximum atomic E-state index is 13.7. The Morgan fingerprint density at radius 3 is 2.46 bits per heavy atom. The molecule has 0 aliphatic carbocycles. The number of hydrogen-bond donors (Lipinski definition) is 3. The Balaban J connectivity index is 1.65. The molecule has 9 heteroatoms. The van der Waals surface area contributed by atoms with Gasteiger partial charge in [0, 0.05) is 45.7 Å². The Bertz CT molecular complexity index is 1500. The Morgan fingerprint density at radius 1 is 1.09 bits per heavy atom. The Morgan fingerprint density at radius 2 is 1.83 bits per heavy atom. The number of aliphatic hydroxyl groups is 1. The number of nitrogens with one attached hydrogen (secondary N) is 2. The third-order valence-corrected chi connectivity index (χ3v) is 6.74. The van der Waals surface area contributed by atoms with Gasteiger partial charge in [0.2, 0.25) is 5.75 Å². The number of rotatable bonds is 6. The van der Waals surface area contributed by atoms with Gasteiger partial charge in [-0.1, -0.05) is 0 Å². The molecule has 0 saturated carbocycles. The summed E-state index contributed by atoms with van der Waals surface area (Å²) in [5, 5.41) is 11.7. The first-order chi connectivity index (χ1) is 16.8. The van der Waals surface area contributed by atoms with Crippen molar-refractivity contribution < 1.29 is 28.9 Å². The highest BCUT2D eigenvalue weighted by atomic mass is 16.5. The third kappa shape index (κ3) is 3.26. The van der Waals surface area contributed by atoms with E-state index in [1.54, 1.807) is 17.0 Å². The van der Waals surface area contributed by atoms with Gasteiger partial charge in [0.05, 0.1) is 33.5 Å². The summed E-state index contributed by atoms with van der Waals surface area (Å²) >= 11 is 0. The quantitative estimate of drug-likeness (QED) is 0.363. The first-order valence-corrected chi connectivity index (χ1v) is 11.2. The molecule has 1 atom stereocenters. The van der Waals surface area contributed by atoms with Crippen LogP contribution in [0.3, 0.4) is 0 Å². The summed E-state index contributed by atoms with van der Waals surface area (Å²) < 4.78 is 16.5. The molecule has 182 valence electrons. The largest absolute Gasteiger partial charge is 0.493 e. The Kier molecular flexibility index (Phi) is 5.44. The Labute approximate surface area is 201 Å². The number of aliphatic hydroxyl groups excluding tert-OH is 1. The summed E-state index contributed by atoms with van der Waals surface area (Å²) in [6, 6.07) is 7.26. The Hall–Kier alpha value is -3.98. The highest BCUT2D eigenvalue weighted by molar-refractivity contribution is 6.14. The summed E-state index contributed by atoms with van der Waals surface area (Å²) in [4.78, 5) is 34.3. The van der Waals surface area contributed by atoms with Crippen LogP contribution in [0.5, 0.6) is 17.2 Å². The number of aryl methyl sites for hydroxylation is 1. The standard InChI is InChI=1S/C26H27N3O6/c1-12-20(13(2)31)22-16(27-12)6-7-18-21(22)15(11-30)10-29(18)26(32)17-8-14-9-19(33-3)24(34-4)25(35-5)23(14)28-17/h6-9,15,27-28,30H,10-11H2,1-5H3. The topological polar surface area (TPSA) is 117 Å². The minimum absolute atomic E-state index is 0.0609. The van der Waals surface area contributed by atoms with Crippen molar-refractivity contribution in [2.75, 3.05) is 39.4 Å². The summed E-state index contributed by atoms with van der Waals surface area (Å²) in [6.45, 7) is 3.54. The van der Waals surface area contributed by atoms with E-state index in [0.29, 0.717) is 46.3 Å². The number of benzene rings is 2. The van der Waals surface area contributed by atoms with Crippen LogP contribution < -0.4 is 19.1 Å². The minimum atomic E-state index is -0.315. The lowest BCUT2D eigenvalue weighted by Crippen LogP contribution is -2.30. The molecule has 1 unspecified atom stereocenters. The fourth-order valence-electron chi connectivity index (χ4n) is 5.28. The smallest absolute Gasteiger partial charge is 0.274 e. The number of Topliss-reactive ketones (excluding diaryl/α,β-unsaturated/α-hetero) is 1. The number of nitrogens with zero attached hydrogens (tertiary/aromatic N) is 1. The van der Waals surface area contributed by atoms with Gasteiger partial charge in [-0.05, 0) is 43.7 Å². The molecule has 1 aliphatic heterocycles. The molecule has 0 saturated heterocycles. The summed E-state index contributed by atoms with van der Waals surface area (Å²) in [5.41, 5.74) is 4.65. The summed E-state index contributed by atoms with van der Waals surface area (Å²) in [7, 11) is 4.59. The number of ketones is 1. The van der Waals surface area contributed by atoms with Crippen LogP contribution in [0.25, 0.3) is 21.8 Å². The highest BCUT2D eigenvalue weighted by Gasteiger charge is 2.36. The van der Waals surface area contributed by atoms with E-state index in [1.807, 2.05) is 19.1 Å². The first-order valence-electron chi connectivity index (χ1n) is 11.2. The van der Waals surface area contributed by atoms with E-state index in [0.717, 1.165) is 27.5 Å². The van der Waals surface area contributed by atoms with Crippen LogP contribution in [-0.4, -0.2) is 61.2 Å². The number of aromatic nitrogens is 2. The van der Waals surface area contributed by atoms with Crippen LogP contribution in [0.2, 0.25) is 0 Å². The zero-order valence-electron chi connectivity index (χ0n) is 20.2. The molecular weight excluding hydrogens is 450 g/mol. The van der Waals surface area contributed by atoms with Crippen LogP contribution in [0.1, 0.15) is 44.9 Å². The number of aromatic amines is 2. The number of H-pyrrole nitrogens is 2. The van der Waals surface area contributed by atoms with Gasteiger partial charge in [-0.3, -0.25) is 9.59 Å². The highest BCUT2D eigenvalue weighted by Crippen LogP contribution is 2.45. The van der Waals surface area contributed by atoms with Crippen molar-refractivity contribution in [1.82, 2.24) is 9.97 Å². The van der Waals surface area contributed by atoms with E-state index in [1.165, 1.54) is 28.3 Å². The van der Waals surface area contributed by atoms with Gasteiger partial charge >= 0.3 is 0 Å². The van der Waals surface area contributed by atoms with Crippen molar-refractivity contribution in [3.8, 4) is 17.2 Å². The van der Waals surface area contributed by atoms with Crippen LogP contribution in [0.15, 0.2) is 24.3 Å². The van der Waals surface area contributed by atoms with Crippen molar-refractivity contribution in [3.63, 3.8) is 0 Å². The number of carbonyl (C=O) groups is 2. The SMILES string of the molecule is COc1cc2cc(C(=O)N3CC(CO)c4c3ccc3[nH]c(C)c(C(C)=O)c43)[nH]c2c(OC)c1OC. The second-order valence-electron chi connectivity index (χ2n) is 8.69. The molecule has 5 rings (SSSR count). The van der Waals surface area contributed by atoms with E-state index in [2.05, 4.69) is 9.97 Å². The molecular formula is C26H27N3O6. The van der Waals surface area contributed by atoms with Gasteiger partial charge in [-0.2, -0.15) is 0 Å². The predicted molar refractivity (Wildman–Crippen MR) is 132 cm³/mol. The number of methoxy groups -OCH3 is 3. The lowest BCUT2D eigenvalue weighted by atomic mass is 9.94. The molecule has 0 radical (unpaired) electrons. The molecule has 35 heavy (non-hydrogen) atoms. The van der Waals surface area contributed by atoms with Crippen molar-refractivity contribution in [1.29, 1.82) is 0 Å². The molecule has 3 heterocycles. The van der Waals surface area contributed by atoms with Crippen molar-refractivity contribution in [2.24, 2.45) is 0 Å². The fraction of sp³-hybridized carbons (Fsp3) is 0.308. The van der Waals surface area contributed by atoms with Gasteiger partial charge in [0.25, 0.3) is 5.91 Å². The molecule has 1 aliphatic rings. The zero-order valence-corrected chi connectivity index (χ0v) is 20.2. The molecule has 0 fully saturated rings. The van der Waals surface area contributed by atoms with Gasteiger partial charge in [0.1, 0.15) is 5.69 Å². The maximum Gasteiger partial charge on any atom is 0.274 e. The van der Waals surface area contributed by atoms with Gasteiger partial charge in [0.15, 0.2) is 17.3 Å².